The Morgan fingerprint density at radius 2 is 2.00 bits per heavy atom. The molecule has 0 radical (unpaired) electrons. The van der Waals surface area contributed by atoms with Crippen molar-refractivity contribution < 1.29 is 18.7 Å². The Morgan fingerprint density at radius 3 is 2.31 bits per heavy atom. The van der Waals surface area contributed by atoms with Crippen LogP contribution in [0.1, 0.15) is 13.8 Å². The molecule has 0 aliphatic heterocycles. The van der Waals surface area contributed by atoms with Crippen LogP contribution in [-0.4, -0.2) is 35.0 Å². The summed E-state index contributed by atoms with van der Waals surface area (Å²) < 4.78 is 25.8. The molecule has 0 aromatic rings. The van der Waals surface area contributed by atoms with Crippen molar-refractivity contribution in [2.24, 2.45) is 0 Å². The summed E-state index contributed by atoms with van der Waals surface area (Å²) in [5.74, 6) is -4.43. The van der Waals surface area contributed by atoms with Gasteiger partial charge in [0.1, 0.15) is 11.5 Å². The molecule has 78 valence electrons. The van der Waals surface area contributed by atoms with Crippen molar-refractivity contribution in [2.75, 3.05) is 12.4 Å². The Bertz CT molecular complexity index is 191. The van der Waals surface area contributed by atoms with Crippen molar-refractivity contribution >= 4 is 17.5 Å². The van der Waals surface area contributed by atoms with Gasteiger partial charge in [0.15, 0.2) is 0 Å². The van der Waals surface area contributed by atoms with Crippen LogP contribution in [0.5, 0.6) is 0 Å². The maximum absolute atomic E-state index is 12.9. The predicted molar refractivity (Wildman–Crippen MR) is 45.0 cm³/mol. The summed E-state index contributed by atoms with van der Waals surface area (Å²) in [4.78, 5) is 10.5. The van der Waals surface area contributed by atoms with E-state index in [4.69, 9.17) is 16.7 Å². The number of halogens is 3. The van der Waals surface area contributed by atoms with Gasteiger partial charge in [-0.1, -0.05) is 0 Å². The summed E-state index contributed by atoms with van der Waals surface area (Å²) in [7, 11) is 0. The van der Waals surface area contributed by atoms with E-state index in [1.807, 2.05) is 5.32 Å². The van der Waals surface area contributed by atoms with Gasteiger partial charge in [-0.05, 0) is 13.8 Å². The van der Waals surface area contributed by atoms with Crippen LogP contribution in [0.15, 0.2) is 0 Å². The van der Waals surface area contributed by atoms with Crippen molar-refractivity contribution in [3.63, 3.8) is 0 Å². The zero-order chi connectivity index (χ0) is 10.7. The summed E-state index contributed by atoms with van der Waals surface area (Å²) in [6.07, 6.45) is 0. The molecule has 0 aromatic carbocycles. The topological polar surface area (TPSA) is 49.3 Å². The standard InChI is InChI=1S/C7H12ClF2NO2/c1-6(2,13)7(9,10)4-11-5(12)3-8/h13H,3-4H2,1-2H3,(H,11,12). The van der Waals surface area contributed by atoms with Crippen LogP contribution in [0.25, 0.3) is 0 Å². The van der Waals surface area contributed by atoms with Gasteiger partial charge in [0.05, 0.1) is 6.54 Å². The van der Waals surface area contributed by atoms with Crippen LogP contribution < -0.4 is 5.32 Å². The minimum Gasteiger partial charge on any atom is -0.384 e. The molecule has 1 amide bonds. The van der Waals surface area contributed by atoms with E-state index in [1.54, 1.807) is 0 Å². The highest BCUT2D eigenvalue weighted by Crippen LogP contribution is 2.26. The minimum absolute atomic E-state index is 0.373. The summed E-state index contributed by atoms with van der Waals surface area (Å²) in [5, 5.41) is 10.9. The van der Waals surface area contributed by atoms with Crippen LogP contribution in [-0.2, 0) is 4.79 Å². The Hall–Kier alpha value is -0.420. The van der Waals surface area contributed by atoms with Crippen LogP contribution in [0, 0.1) is 0 Å². The third-order valence-electron chi connectivity index (χ3n) is 1.52. The highest BCUT2D eigenvalue weighted by molar-refractivity contribution is 6.27. The van der Waals surface area contributed by atoms with Gasteiger partial charge in [0.2, 0.25) is 5.91 Å². The number of carbonyl (C=O) groups excluding carboxylic acids is 1. The molecule has 0 atom stereocenters. The first-order valence-electron chi connectivity index (χ1n) is 3.63. The molecule has 0 bridgehead atoms. The lowest BCUT2D eigenvalue weighted by molar-refractivity contribution is -0.160. The summed E-state index contributed by atoms with van der Waals surface area (Å²) in [5.41, 5.74) is -2.16. The van der Waals surface area contributed by atoms with Crippen molar-refractivity contribution in [2.45, 2.75) is 25.4 Å². The van der Waals surface area contributed by atoms with Gasteiger partial charge in [-0.2, -0.15) is 0 Å². The fourth-order valence-corrected chi connectivity index (χ4v) is 0.568. The quantitative estimate of drug-likeness (QED) is 0.680. The zero-order valence-corrected chi connectivity index (χ0v) is 8.16. The highest BCUT2D eigenvalue weighted by Gasteiger charge is 2.45. The second-order valence-electron chi connectivity index (χ2n) is 3.17. The molecule has 0 rings (SSSR count). The minimum atomic E-state index is -3.37. The summed E-state index contributed by atoms with van der Waals surface area (Å²) >= 11 is 5.08. The largest absolute Gasteiger partial charge is 0.384 e. The molecule has 13 heavy (non-hydrogen) atoms. The van der Waals surface area contributed by atoms with Crippen LogP contribution in [0.4, 0.5) is 8.78 Å². The Labute approximate surface area is 80.1 Å². The highest BCUT2D eigenvalue weighted by atomic mass is 35.5. The van der Waals surface area contributed by atoms with E-state index in [2.05, 4.69) is 0 Å². The molecular formula is C7H12ClF2NO2. The second-order valence-corrected chi connectivity index (χ2v) is 3.44. The van der Waals surface area contributed by atoms with E-state index in [-0.39, 0.29) is 5.88 Å². The fourth-order valence-electron chi connectivity index (χ4n) is 0.473. The molecule has 0 unspecified atom stereocenters. The monoisotopic (exact) mass is 215 g/mol. The molecule has 2 N–H and O–H groups in total. The number of aliphatic hydroxyl groups is 1. The molecule has 0 spiro atoms. The SMILES string of the molecule is CC(C)(O)C(F)(F)CNC(=O)CCl. The van der Waals surface area contributed by atoms with Gasteiger partial charge in [-0.25, -0.2) is 8.78 Å². The lowest BCUT2D eigenvalue weighted by atomic mass is 10.0. The molecule has 0 fully saturated rings. The molecular weight excluding hydrogens is 204 g/mol. The lowest BCUT2D eigenvalue weighted by Crippen LogP contribution is -2.50. The van der Waals surface area contributed by atoms with Gasteiger partial charge in [-0.15, -0.1) is 11.6 Å². The molecule has 0 heterocycles. The van der Waals surface area contributed by atoms with Gasteiger partial charge in [0.25, 0.3) is 5.92 Å². The Kier molecular flexibility index (Phi) is 4.06. The first-order valence-corrected chi connectivity index (χ1v) is 4.17. The normalized spacial score (nSPS) is 12.8. The van der Waals surface area contributed by atoms with Gasteiger partial charge in [-0.3, -0.25) is 4.79 Å². The summed E-state index contributed by atoms with van der Waals surface area (Å²) in [6, 6.07) is 0. The third-order valence-corrected chi connectivity index (χ3v) is 1.77. The lowest BCUT2D eigenvalue weighted by Gasteiger charge is -2.28. The number of alkyl halides is 3. The van der Waals surface area contributed by atoms with Crippen molar-refractivity contribution in [1.82, 2.24) is 5.32 Å². The maximum atomic E-state index is 12.9. The third kappa shape index (κ3) is 3.87. The molecule has 0 aromatic heterocycles. The fraction of sp³-hybridized carbons (Fsp3) is 0.857. The van der Waals surface area contributed by atoms with Crippen LogP contribution >= 0.6 is 11.6 Å². The zero-order valence-electron chi connectivity index (χ0n) is 7.40. The van der Waals surface area contributed by atoms with Crippen molar-refractivity contribution in [1.29, 1.82) is 0 Å². The molecule has 6 heteroatoms. The number of hydrogen-bond acceptors (Lipinski definition) is 2. The average molecular weight is 216 g/mol. The number of rotatable bonds is 4. The van der Waals surface area contributed by atoms with Crippen LogP contribution in [0.3, 0.4) is 0 Å². The number of nitrogens with one attached hydrogen (secondary N) is 1. The number of hydrogen-bond donors (Lipinski definition) is 2. The van der Waals surface area contributed by atoms with E-state index in [0.717, 1.165) is 13.8 Å². The van der Waals surface area contributed by atoms with Crippen molar-refractivity contribution in [3.8, 4) is 0 Å². The van der Waals surface area contributed by atoms with E-state index >= 15 is 0 Å². The average Bonchev–Trinajstić information content (AvgIpc) is 1.98. The number of amides is 1. The summed E-state index contributed by atoms with van der Waals surface area (Å²) in [6.45, 7) is 1.03. The predicted octanol–water partition coefficient (Wildman–Crippen LogP) is 0.748. The Balaban J connectivity index is 4.12. The molecule has 3 nitrogen and oxygen atoms in total. The first kappa shape index (κ1) is 12.6. The van der Waals surface area contributed by atoms with E-state index in [0.29, 0.717) is 0 Å². The Morgan fingerprint density at radius 1 is 1.54 bits per heavy atom. The molecule has 0 saturated heterocycles. The van der Waals surface area contributed by atoms with E-state index < -0.39 is 24.0 Å². The van der Waals surface area contributed by atoms with E-state index in [9.17, 15) is 13.6 Å². The smallest absolute Gasteiger partial charge is 0.292 e. The van der Waals surface area contributed by atoms with Gasteiger partial charge < -0.3 is 10.4 Å². The number of carbonyl (C=O) groups is 1. The van der Waals surface area contributed by atoms with Gasteiger partial charge >= 0.3 is 0 Å². The van der Waals surface area contributed by atoms with E-state index in [1.165, 1.54) is 0 Å². The molecule has 0 aliphatic rings. The van der Waals surface area contributed by atoms with Crippen LogP contribution in [0.2, 0.25) is 0 Å². The second kappa shape index (κ2) is 4.19. The maximum Gasteiger partial charge on any atom is 0.292 e. The first-order chi connectivity index (χ1) is 5.70. The molecule has 0 aliphatic carbocycles. The van der Waals surface area contributed by atoms with Gasteiger partial charge in [0, 0.05) is 0 Å². The molecule has 0 saturated carbocycles. The van der Waals surface area contributed by atoms with Crippen molar-refractivity contribution in [3.05, 3.63) is 0 Å².